The molecule has 0 aliphatic heterocycles. The summed E-state index contributed by atoms with van der Waals surface area (Å²) in [5.74, 6) is -0.986. The Morgan fingerprint density at radius 2 is 1.78 bits per heavy atom. The van der Waals surface area contributed by atoms with Gasteiger partial charge >= 0.3 is 0 Å². The molecule has 56 valence electrons. The monoisotopic (exact) mass is 138 g/mol. The van der Waals surface area contributed by atoms with E-state index in [9.17, 15) is 13.6 Å². The summed E-state index contributed by atoms with van der Waals surface area (Å²) in [4.78, 5) is 9.76. The Kier molecular flexibility index (Phi) is 9.49. The molecule has 0 aliphatic carbocycles. The number of ketones is 1. The molecule has 3 heteroatoms. The lowest BCUT2D eigenvalue weighted by Crippen LogP contribution is -2.06. The molecule has 0 aliphatic rings. The molecule has 0 heterocycles. The zero-order valence-corrected chi connectivity index (χ0v) is 5.95. The summed E-state index contributed by atoms with van der Waals surface area (Å²) >= 11 is 0. The first-order valence-corrected chi connectivity index (χ1v) is 2.99. The zero-order valence-electron chi connectivity index (χ0n) is 5.95. The van der Waals surface area contributed by atoms with Crippen molar-refractivity contribution in [3.05, 3.63) is 0 Å². The van der Waals surface area contributed by atoms with Gasteiger partial charge in [0.15, 0.2) is 5.78 Å². The second kappa shape index (κ2) is 7.53. The van der Waals surface area contributed by atoms with Crippen LogP contribution < -0.4 is 0 Å². The Bertz CT molecular complexity index is 71.5. The summed E-state index contributed by atoms with van der Waals surface area (Å²) in [6, 6.07) is 0. The van der Waals surface area contributed by atoms with Crippen LogP contribution in [-0.4, -0.2) is 12.2 Å². The lowest BCUT2D eigenvalue weighted by atomic mass is 10.3. The fourth-order valence-corrected chi connectivity index (χ4v) is 0.154. The van der Waals surface area contributed by atoms with E-state index < -0.39 is 12.2 Å². The Labute approximate surface area is 54.1 Å². The quantitative estimate of drug-likeness (QED) is 0.572. The minimum absolute atomic E-state index is 0.0718. The molecule has 1 nitrogen and oxygen atoms in total. The van der Waals surface area contributed by atoms with E-state index in [2.05, 4.69) is 0 Å². The van der Waals surface area contributed by atoms with Crippen molar-refractivity contribution in [2.24, 2.45) is 0 Å². The van der Waals surface area contributed by atoms with Gasteiger partial charge in [0.1, 0.15) is 0 Å². The van der Waals surface area contributed by atoms with Crippen molar-refractivity contribution < 1.29 is 13.6 Å². The molecule has 0 radical (unpaired) electrons. The summed E-state index contributed by atoms with van der Waals surface area (Å²) in [5.41, 5.74) is 0. The van der Waals surface area contributed by atoms with Crippen molar-refractivity contribution in [1.29, 1.82) is 0 Å². The zero-order chi connectivity index (χ0) is 7.86. The van der Waals surface area contributed by atoms with Crippen LogP contribution in [0.5, 0.6) is 0 Å². The van der Waals surface area contributed by atoms with E-state index >= 15 is 0 Å². The van der Waals surface area contributed by atoms with Gasteiger partial charge in [0, 0.05) is 6.42 Å². The van der Waals surface area contributed by atoms with Crippen molar-refractivity contribution in [1.82, 2.24) is 0 Å². The number of alkyl halides is 2. The van der Waals surface area contributed by atoms with Crippen LogP contribution in [0, 0.1) is 0 Å². The van der Waals surface area contributed by atoms with Gasteiger partial charge in [-0.25, -0.2) is 8.78 Å². The predicted octanol–water partition coefficient (Wildman–Crippen LogP) is 2.26. The molecular formula is C6H12F2O. The van der Waals surface area contributed by atoms with Gasteiger partial charge in [-0.05, 0) is 0 Å². The van der Waals surface area contributed by atoms with Crippen LogP contribution in [-0.2, 0) is 4.79 Å². The van der Waals surface area contributed by atoms with Gasteiger partial charge in [-0.3, -0.25) is 4.79 Å². The Morgan fingerprint density at radius 1 is 1.44 bits per heavy atom. The van der Waals surface area contributed by atoms with Crippen LogP contribution in [0.25, 0.3) is 0 Å². The van der Waals surface area contributed by atoms with Gasteiger partial charge < -0.3 is 0 Å². The van der Waals surface area contributed by atoms with Gasteiger partial charge in [0.2, 0.25) is 0 Å². The number of rotatable bonds is 2. The van der Waals surface area contributed by atoms with E-state index in [0.717, 1.165) is 0 Å². The number of carbonyl (C=O) groups excluding carboxylic acids is 1. The highest BCUT2D eigenvalue weighted by Crippen LogP contribution is 1.95. The fourth-order valence-electron chi connectivity index (χ4n) is 0.154. The summed E-state index contributed by atoms with van der Waals surface area (Å²) in [6.45, 7) is 5.41. The molecule has 0 aromatic heterocycles. The van der Waals surface area contributed by atoms with E-state index in [1.807, 2.05) is 13.8 Å². The summed E-state index contributed by atoms with van der Waals surface area (Å²) in [7, 11) is 0. The highest BCUT2D eigenvalue weighted by molar-refractivity contribution is 5.81. The molecule has 0 rings (SSSR count). The van der Waals surface area contributed by atoms with Gasteiger partial charge in [0.05, 0.1) is 0 Å². The van der Waals surface area contributed by atoms with Crippen LogP contribution in [0.4, 0.5) is 8.78 Å². The molecule has 0 unspecified atom stereocenters. The van der Waals surface area contributed by atoms with E-state index in [-0.39, 0.29) is 6.42 Å². The molecule has 0 aromatic rings. The van der Waals surface area contributed by atoms with Crippen LogP contribution in [0.2, 0.25) is 0 Å². The minimum atomic E-state index is -2.77. The minimum Gasteiger partial charge on any atom is -0.293 e. The number of carbonyl (C=O) groups is 1. The van der Waals surface area contributed by atoms with Gasteiger partial charge in [-0.15, -0.1) is 0 Å². The number of hydrogen-bond acceptors (Lipinski definition) is 1. The van der Waals surface area contributed by atoms with Crippen molar-refractivity contribution in [2.75, 3.05) is 0 Å². The van der Waals surface area contributed by atoms with E-state index in [1.165, 1.54) is 6.92 Å². The molecule has 0 bridgehead atoms. The van der Waals surface area contributed by atoms with Crippen molar-refractivity contribution in [3.8, 4) is 0 Å². The average molecular weight is 138 g/mol. The molecule has 9 heavy (non-hydrogen) atoms. The summed E-state index contributed by atoms with van der Waals surface area (Å²) in [6.07, 6.45) is -2.84. The van der Waals surface area contributed by atoms with Crippen LogP contribution in [0.1, 0.15) is 27.2 Å². The standard InChI is InChI=1S/C4H6F2O.C2H6/c1-2-3(7)4(5)6;1-2/h4H,2H2,1H3;1-2H3. The first kappa shape index (κ1) is 11.3. The summed E-state index contributed by atoms with van der Waals surface area (Å²) < 4.78 is 22.2. The SMILES string of the molecule is CC.CCC(=O)C(F)F. The number of Topliss-reactive ketones (excluding diaryl/α,β-unsaturated/α-hetero) is 1. The third kappa shape index (κ3) is 7.53. The molecule has 0 amide bonds. The number of halogens is 2. The van der Waals surface area contributed by atoms with E-state index in [4.69, 9.17) is 0 Å². The molecule has 0 saturated carbocycles. The second-order valence-electron chi connectivity index (χ2n) is 1.12. The lowest BCUT2D eigenvalue weighted by molar-refractivity contribution is -0.129. The predicted molar refractivity (Wildman–Crippen MR) is 32.6 cm³/mol. The Hall–Kier alpha value is -0.470. The molecule has 0 fully saturated rings. The Balaban J connectivity index is 0. The maximum Gasteiger partial charge on any atom is 0.295 e. The third-order valence-corrected chi connectivity index (χ3v) is 0.592. The maximum atomic E-state index is 11.1. The normalized spacial score (nSPS) is 8.22. The first-order valence-electron chi connectivity index (χ1n) is 2.99. The molecule has 0 spiro atoms. The van der Waals surface area contributed by atoms with Crippen molar-refractivity contribution in [3.63, 3.8) is 0 Å². The molecule has 0 aromatic carbocycles. The van der Waals surface area contributed by atoms with Crippen LogP contribution >= 0.6 is 0 Å². The van der Waals surface area contributed by atoms with Gasteiger partial charge in [-0.1, -0.05) is 20.8 Å². The van der Waals surface area contributed by atoms with Crippen LogP contribution in [0.15, 0.2) is 0 Å². The summed E-state index contributed by atoms with van der Waals surface area (Å²) in [5, 5.41) is 0. The van der Waals surface area contributed by atoms with Crippen molar-refractivity contribution >= 4 is 5.78 Å². The van der Waals surface area contributed by atoms with Gasteiger partial charge in [0.25, 0.3) is 6.43 Å². The Morgan fingerprint density at radius 3 is 1.78 bits per heavy atom. The molecule has 0 atom stereocenters. The van der Waals surface area contributed by atoms with Gasteiger partial charge in [-0.2, -0.15) is 0 Å². The average Bonchev–Trinajstić information content (AvgIpc) is 1.91. The fraction of sp³-hybridized carbons (Fsp3) is 0.833. The number of hydrogen-bond donors (Lipinski definition) is 0. The second-order valence-corrected chi connectivity index (χ2v) is 1.12. The van der Waals surface area contributed by atoms with Crippen LogP contribution in [0.3, 0.4) is 0 Å². The highest BCUT2D eigenvalue weighted by Gasteiger charge is 2.10. The van der Waals surface area contributed by atoms with E-state index in [1.54, 1.807) is 0 Å². The molecular weight excluding hydrogens is 126 g/mol. The van der Waals surface area contributed by atoms with Crippen molar-refractivity contribution in [2.45, 2.75) is 33.6 Å². The topological polar surface area (TPSA) is 17.1 Å². The van der Waals surface area contributed by atoms with E-state index in [0.29, 0.717) is 0 Å². The molecule has 0 saturated heterocycles. The largest absolute Gasteiger partial charge is 0.295 e. The molecule has 0 N–H and O–H groups in total. The lowest BCUT2D eigenvalue weighted by Gasteiger charge is -1.88. The smallest absolute Gasteiger partial charge is 0.293 e. The highest BCUT2D eigenvalue weighted by atomic mass is 19.3. The third-order valence-electron chi connectivity index (χ3n) is 0.592. The maximum absolute atomic E-state index is 11.1. The first-order chi connectivity index (χ1) is 4.18.